The molecule has 2 N–H and O–H groups in total. The Kier molecular flexibility index (Phi) is 4.36. The smallest absolute Gasteiger partial charge is 0.133 e. The van der Waals surface area contributed by atoms with E-state index in [4.69, 9.17) is 5.73 Å². The molecule has 2 heterocycles. The van der Waals surface area contributed by atoms with Crippen LogP contribution in [0.2, 0.25) is 0 Å². The Morgan fingerprint density at radius 2 is 1.89 bits per heavy atom. The number of anilines is 2. The number of hydrogen-bond donors (Lipinski definition) is 1. The summed E-state index contributed by atoms with van der Waals surface area (Å²) in [5.74, 6) is 1.57. The van der Waals surface area contributed by atoms with E-state index in [9.17, 15) is 5.26 Å². The maximum absolute atomic E-state index is 9.28. The van der Waals surface area contributed by atoms with Crippen molar-refractivity contribution >= 4 is 11.5 Å². The summed E-state index contributed by atoms with van der Waals surface area (Å²) in [5, 5.41) is 9.28. The fraction of sp³-hybridized carbons (Fsp3) is 0.667. The third-order valence-electron chi connectivity index (χ3n) is 3.66. The van der Waals surface area contributed by atoms with E-state index >= 15 is 0 Å². The maximum Gasteiger partial charge on any atom is 0.133 e. The van der Waals surface area contributed by atoms with Gasteiger partial charge in [-0.15, -0.1) is 0 Å². The van der Waals surface area contributed by atoms with E-state index in [-0.39, 0.29) is 0 Å². The molecule has 4 heteroatoms. The average molecular weight is 260 g/mol. The molecule has 0 aromatic carbocycles. The second kappa shape index (κ2) is 6.01. The number of nitrogens with two attached hydrogens (primary N) is 1. The molecule has 1 saturated heterocycles. The third kappa shape index (κ3) is 3.04. The lowest BCUT2D eigenvalue weighted by molar-refractivity contribution is 0.517. The van der Waals surface area contributed by atoms with E-state index < -0.39 is 0 Å². The van der Waals surface area contributed by atoms with E-state index in [0.29, 0.717) is 11.6 Å². The van der Waals surface area contributed by atoms with Crippen molar-refractivity contribution in [2.45, 2.75) is 46.1 Å². The zero-order chi connectivity index (χ0) is 13.8. The molecule has 0 amide bonds. The van der Waals surface area contributed by atoms with Crippen LogP contribution in [0, 0.1) is 17.2 Å². The molecule has 19 heavy (non-hydrogen) atoms. The minimum absolute atomic E-state index is 0.504. The number of nitriles is 1. The summed E-state index contributed by atoms with van der Waals surface area (Å²) in [7, 11) is 0. The fourth-order valence-electron chi connectivity index (χ4n) is 2.84. The summed E-state index contributed by atoms with van der Waals surface area (Å²) < 4.78 is 2.10. The van der Waals surface area contributed by atoms with Gasteiger partial charge < -0.3 is 15.2 Å². The molecule has 2 rings (SSSR count). The van der Waals surface area contributed by atoms with Crippen molar-refractivity contribution in [2.75, 3.05) is 23.7 Å². The molecule has 0 unspecified atom stereocenters. The maximum atomic E-state index is 9.28. The van der Waals surface area contributed by atoms with E-state index in [1.54, 1.807) is 0 Å². The highest BCUT2D eigenvalue weighted by Crippen LogP contribution is 2.30. The monoisotopic (exact) mass is 260 g/mol. The predicted molar refractivity (Wildman–Crippen MR) is 79.1 cm³/mol. The number of hydrogen-bond acceptors (Lipinski definition) is 3. The highest BCUT2D eigenvalue weighted by molar-refractivity contribution is 5.68. The van der Waals surface area contributed by atoms with Gasteiger partial charge in [0.15, 0.2) is 0 Å². The zero-order valence-electron chi connectivity index (χ0n) is 12.0. The van der Waals surface area contributed by atoms with Crippen LogP contribution in [-0.2, 0) is 6.54 Å². The van der Waals surface area contributed by atoms with Crippen molar-refractivity contribution < 1.29 is 0 Å². The van der Waals surface area contributed by atoms with Crippen LogP contribution in [0.1, 0.15) is 45.2 Å². The lowest BCUT2D eigenvalue weighted by atomic mass is 10.2. The van der Waals surface area contributed by atoms with E-state index in [1.807, 2.05) is 6.07 Å². The molecule has 4 nitrogen and oxygen atoms in total. The summed E-state index contributed by atoms with van der Waals surface area (Å²) in [6.07, 6.45) is 5.03. The van der Waals surface area contributed by atoms with Crippen molar-refractivity contribution in [3.63, 3.8) is 0 Å². The summed E-state index contributed by atoms with van der Waals surface area (Å²) in [6, 6.07) is 4.10. The van der Waals surface area contributed by atoms with Gasteiger partial charge >= 0.3 is 0 Å². The van der Waals surface area contributed by atoms with Crippen LogP contribution in [0.15, 0.2) is 6.07 Å². The second-order valence-corrected chi connectivity index (χ2v) is 5.83. The first kappa shape index (κ1) is 13.8. The first-order valence-corrected chi connectivity index (χ1v) is 7.27. The van der Waals surface area contributed by atoms with Gasteiger partial charge in [0.25, 0.3) is 0 Å². The van der Waals surface area contributed by atoms with Crippen LogP contribution in [0.5, 0.6) is 0 Å². The summed E-state index contributed by atoms with van der Waals surface area (Å²) in [5.41, 5.74) is 7.60. The second-order valence-electron chi connectivity index (χ2n) is 5.83. The Hall–Kier alpha value is -1.63. The molecular formula is C15H24N4. The number of aromatic nitrogens is 1. The Labute approximate surface area is 115 Å². The molecule has 0 radical (unpaired) electrons. The minimum Gasteiger partial charge on any atom is -0.396 e. The minimum atomic E-state index is 0.504. The topological polar surface area (TPSA) is 58.0 Å². The third-order valence-corrected chi connectivity index (χ3v) is 3.66. The van der Waals surface area contributed by atoms with Crippen LogP contribution in [-0.4, -0.2) is 17.7 Å². The van der Waals surface area contributed by atoms with Crippen molar-refractivity contribution in [2.24, 2.45) is 5.92 Å². The van der Waals surface area contributed by atoms with Gasteiger partial charge in [0.05, 0.1) is 5.69 Å². The average Bonchev–Trinajstić information content (AvgIpc) is 2.57. The Bertz CT molecular complexity index is 459. The zero-order valence-corrected chi connectivity index (χ0v) is 12.0. The first-order chi connectivity index (χ1) is 9.13. The van der Waals surface area contributed by atoms with Crippen molar-refractivity contribution in [3.05, 3.63) is 11.8 Å². The molecule has 104 valence electrons. The standard InChI is InChI=1S/C15H24N4/c1-12(2)11-19-13(10-16)9-14(17)15(19)18-7-5-3-4-6-8-18/h9,12H,3-8,11,17H2,1-2H3. The van der Waals surface area contributed by atoms with Crippen LogP contribution in [0.3, 0.4) is 0 Å². The molecule has 1 aromatic heterocycles. The van der Waals surface area contributed by atoms with Gasteiger partial charge in [-0.05, 0) is 24.8 Å². The van der Waals surface area contributed by atoms with Gasteiger partial charge in [-0.3, -0.25) is 0 Å². The molecule has 0 aliphatic carbocycles. The van der Waals surface area contributed by atoms with Crippen LogP contribution < -0.4 is 10.6 Å². The molecule has 0 spiro atoms. The normalized spacial score (nSPS) is 16.4. The Morgan fingerprint density at radius 1 is 1.26 bits per heavy atom. The lowest BCUT2D eigenvalue weighted by Crippen LogP contribution is -2.28. The molecular weight excluding hydrogens is 236 g/mol. The van der Waals surface area contributed by atoms with Gasteiger partial charge in [0, 0.05) is 19.6 Å². The van der Waals surface area contributed by atoms with Crippen molar-refractivity contribution in [1.82, 2.24) is 4.57 Å². The van der Waals surface area contributed by atoms with E-state index in [1.165, 1.54) is 25.7 Å². The van der Waals surface area contributed by atoms with E-state index in [2.05, 4.69) is 29.4 Å². The van der Waals surface area contributed by atoms with Gasteiger partial charge in [-0.25, -0.2) is 0 Å². The van der Waals surface area contributed by atoms with Gasteiger partial charge in [-0.2, -0.15) is 5.26 Å². The molecule has 1 fully saturated rings. The van der Waals surface area contributed by atoms with Crippen molar-refractivity contribution in [1.29, 1.82) is 5.26 Å². The number of rotatable bonds is 3. The number of nitrogens with zero attached hydrogens (tertiary/aromatic N) is 3. The van der Waals surface area contributed by atoms with Crippen LogP contribution >= 0.6 is 0 Å². The molecule has 1 aliphatic rings. The Morgan fingerprint density at radius 3 is 2.42 bits per heavy atom. The summed E-state index contributed by atoms with van der Waals surface area (Å²) in [4.78, 5) is 2.37. The highest BCUT2D eigenvalue weighted by Gasteiger charge is 2.20. The summed E-state index contributed by atoms with van der Waals surface area (Å²) in [6.45, 7) is 7.30. The van der Waals surface area contributed by atoms with E-state index in [0.717, 1.165) is 31.1 Å². The molecule has 0 atom stereocenters. The predicted octanol–water partition coefficient (Wildman–Crippen LogP) is 2.98. The van der Waals surface area contributed by atoms with Crippen molar-refractivity contribution in [3.8, 4) is 6.07 Å². The van der Waals surface area contributed by atoms with Crippen LogP contribution in [0.25, 0.3) is 0 Å². The fourth-order valence-corrected chi connectivity index (χ4v) is 2.84. The highest BCUT2D eigenvalue weighted by atomic mass is 15.3. The Balaban J connectivity index is 2.36. The first-order valence-electron chi connectivity index (χ1n) is 7.27. The molecule has 1 aliphatic heterocycles. The lowest BCUT2D eigenvalue weighted by Gasteiger charge is -2.26. The summed E-state index contributed by atoms with van der Waals surface area (Å²) >= 11 is 0. The number of nitrogen functional groups attached to an aromatic ring is 1. The SMILES string of the molecule is CC(C)Cn1c(C#N)cc(N)c1N1CCCCCC1. The molecule has 0 saturated carbocycles. The van der Waals surface area contributed by atoms with Gasteiger partial charge in [0.2, 0.25) is 0 Å². The van der Waals surface area contributed by atoms with Gasteiger partial charge in [-0.1, -0.05) is 26.7 Å². The molecule has 1 aromatic rings. The van der Waals surface area contributed by atoms with Crippen LogP contribution in [0.4, 0.5) is 11.5 Å². The van der Waals surface area contributed by atoms with Gasteiger partial charge in [0.1, 0.15) is 17.6 Å². The largest absolute Gasteiger partial charge is 0.396 e. The quantitative estimate of drug-likeness (QED) is 0.909. The molecule has 0 bridgehead atoms.